The monoisotopic (exact) mass is 386 g/mol. The van der Waals surface area contributed by atoms with Gasteiger partial charge in [-0.05, 0) is 36.6 Å². The predicted octanol–water partition coefficient (Wildman–Crippen LogP) is 5.52. The second-order valence-corrected chi connectivity index (χ2v) is 9.77. The molecule has 0 saturated carbocycles. The van der Waals surface area contributed by atoms with Crippen molar-refractivity contribution in [2.45, 2.75) is 12.2 Å². The van der Waals surface area contributed by atoms with Gasteiger partial charge >= 0.3 is 7.37 Å². The molecule has 0 spiro atoms. The van der Waals surface area contributed by atoms with Gasteiger partial charge in [0.1, 0.15) is 5.75 Å². The summed E-state index contributed by atoms with van der Waals surface area (Å²) in [7, 11) is -3.33. The van der Waals surface area contributed by atoms with Gasteiger partial charge in [0.2, 0.25) is 0 Å². The second-order valence-electron chi connectivity index (χ2n) is 7.07. The van der Waals surface area contributed by atoms with Crippen LogP contribution in [0.25, 0.3) is 10.8 Å². The lowest BCUT2D eigenvalue weighted by Gasteiger charge is -2.32. The molecule has 5 rings (SSSR count). The Morgan fingerprint density at radius 2 is 1.61 bits per heavy atom. The van der Waals surface area contributed by atoms with Crippen LogP contribution >= 0.6 is 7.37 Å². The molecule has 4 aromatic rings. The summed E-state index contributed by atoms with van der Waals surface area (Å²) in [5.41, 5.74) is 1.74. The van der Waals surface area contributed by atoms with E-state index in [2.05, 4.69) is 16.4 Å². The Morgan fingerprint density at radius 1 is 0.893 bits per heavy atom. The van der Waals surface area contributed by atoms with Gasteiger partial charge in [0.25, 0.3) is 0 Å². The molecular weight excluding hydrogens is 367 g/mol. The van der Waals surface area contributed by atoms with E-state index >= 15 is 0 Å². The minimum absolute atomic E-state index is 0.689. The molecule has 0 amide bonds. The topological polar surface area (TPSA) is 51.2 Å². The van der Waals surface area contributed by atoms with E-state index in [0.29, 0.717) is 11.1 Å². The Labute approximate surface area is 163 Å². The summed E-state index contributed by atoms with van der Waals surface area (Å²) in [5.74, 6) is 0.689. The summed E-state index contributed by atoms with van der Waals surface area (Å²) in [4.78, 5) is 4.08. The van der Waals surface area contributed by atoms with Crippen LogP contribution in [0, 0.1) is 0 Å². The number of rotatable bonds is 3. The molecule has 1 aliphatic rings. The molecule has 2 heterocycles. The van der Waals surface area contributed by atoms with Crippen molar-refractivity contribution in [1.82, 2.24) is 4.98 Å². The molecule has 0 fully saturated rings. The highest BCUT2D eigenvalue weighted by Gasteiger charge is 2.56. The zero-order valence-corrected chi connectivity index (χ0v) is 16.3. The Balaban J connectivity index is 1.77. The number of pyridine rings is 1. The van der Waals surface area contributed by atoms with Gasteiger partial charge in [0, 0.05) is 29.0 Å². The van der Waals surface area contributed by atoms with E-state index in [-0.39, 0.29) is 0 Å². The van der Waals surface area contributed by atoms with Gasteiger partial charge in [0.05, 0.1) is 5.30 Å². The van der Waals surface area contributed by atoms with Crippen LogP contribution in [0.2, 0.25) is 0 Å². The molecule has 0 bridgehead atoms. The normalized spacial score (nSPS) is 23.2. The van der Waals surface area contributed by atoms with Gasteiger partial charge in [-0.2, -0.15) is 0 Å². The van der Waals surface area contributed by atoms with Gasteiger partial charge in [0.15, 0.2) is 5.28 Å². The summed E-state index contributed by atoms with van der Waals surface area (Å²) in [6.45, 7) is 1.96. The number of hydrogen-bond donors (Lipinski definition) is 1. The van der Waals surface area contributed by atoms with Crippen LogP contribution in [0.15, 0.2) is 91.3 Å². The average molecular weight is 386 g/mol. The molecule has 1 aliphatic heterocycles. The zero-order chi connectivity index (χ0) is 19.2. The van der Waals surface area contributed by atoms with E-state index in [4.69, 9.17) is 4.52 Å². The van der Waals surface area contributed by atoms with Crippen molar-refractivity contribution in [3.63, 3.8) is 0 Å². The summed E-state index contributed by atoms with van der Waals surface area (Å²) in [5, 5.41) is 5.32. The molecular formula is C23H19N2O2P. The number of aromatic nitrogens is 1. The summed E-state index contributed by atoms with van der Waals surface area (Å²) >= 11 is 0. The molecule has 1 aromatic heterocycles. The molecule has 28 heavy (non-hydrogen) atoms. The lowest BCUT2D eigenvalue weighted by molar-refractivity contribution is 0.490. The first-order chi connectivity index (χ1) is 13.6. The Bertz CT molecular complexity index is 1210. The Kier molecular flexibility index (Phi) is 3.78. The van der Waals surface area contributed by atoms with Crippen LogP contribution in [0.3, 0.4) is 0 Å². The van der Waals surface area contributed by atoms with E-state index in [1.165, 1.54) is 0 Å². The van der Waals surface area contributed by atoms with Crippen LogP contribution in [0.1, 0.15) is 12.5 Å². The van der Waals surface area contributed by atoms with Crippen molar-refractivity contribution in [2.75, 3.05) is 5.32 Å². The highest BCUT2D eigenvalue weighted by atomic mass is 31.2. The summed E-state index contributed by atoms with van der Waals surface area (Å²) in [6.07, 6.45) is 3.44. The number of anilines is 1. The molecule has 2 atom stereocenters. The van der Waals surface area contributed by atoms with E-state index in [9.17, 15) is 4.57 Å². The summed E-state index contributed by atoms with van der Waals surface area (Å²) < 4.78 is 20.8. The fraction of sp³-hybridized carbons (Fsp3) is 0.0870. The second kappa shape index (κ2) is 6.22. The van der Waals surface area contributed by atoms with Crippen molar-refractivity contribution in [3.05, 3.63) is 96.8 Å². The van der Waals surface area contributed by atoms with Gasteiger partial charge in [-0.1, -0.05) is 54.6 Å². The molecule has 1 N–H and O–H groups in total. The quantitative estimate of drug-likeness (QED) is 0.471. The fourth-order valence-corrected chi connectivity index (χ4v) is 6.49. The molecule has 3 aromatic carbocycles. The SMILES string of the molecule is C[C@@]1(Nc2ccncc2)c2ccc3ccccc3c2OP1(=O)c1ccccc1. The van der Waals surface area contributed by atoms with Crippen LogP contribution < -0.4 is 15.1 Å². The fourth-order valence-electron chi connectivity index (χ4n) is 3.90. The number of nitrogens with one attached hydrogen (secondary N) is 1. The number of fused-ring (bicyclic) bond motifs is 3. The van der Waals surface area contributed by atoms with Crippen molar-refractivity contribution in [2.24, 2.45) is 0 Å². The molecule has 0 aliphatic carbocycles. The summed E-state index contributed by atoms with van der Waals surface area (Å²) in [6, 6.07) is 25.3. The number of hydrogen-bond acceptors (Lipinski definition) is 4. The first-order valence-corrected chi connectivity index (χ1v) is 10.8. The maximum atomic E-state index is 14.5. The predicted molar refractivity (Wildman–Crippen MR) is 113 cm³/mol. The average Bonchev–Trinajstić information content (AvgIpc) is 2.97. The zero-order valence-electron chi connectivity index (χ0n) is 15.4. The minimum atomic E-state index is -3.33. The number of benzene rings is 3. The van der Waals surface area contributed by atoms with Crippen LogP contribution in [-0.2, 0) is 9.85 Å². The molecule has 5 heteroatoms. The van der Waals surface area contributed by atoms with Gasteiger partial charge in [-0.15, -0.1) is 0 Å². The molecule has 0 saturated heterocycles. The largest absolute Gasteiger partial charge is 0.437 e. The third-order valence-electron chi connectivity index (χ3n) is 5.38. The maximum absolute atomic E-state index is 14.5. The van der Waals surface area contributed by atoms with Crippen LogP contribution in [-0.4, -0.2) is 4.98 Å². The first-order valence-electron chi connectivity index (χ1n) is 9.18. The number of nitrogens with zero attached hydrogens (tertiary/aromatic N) is 1. The third kappa shape index (κ3) is 2.38. The van der Waals surface area contributed by atoms with Crippen molar-refractivity contribution >= 4 is 29.1 Å². The van der Waals surface area contributed by atoms with Gasteiger partial charge < -0.3 is 9.84 Å². The highest BCUT2D eigenvalue weighted by molar-refractivity contribution is 7.69. The molecule has 138 valence electrons. The maximum Gasteiger partial charge on any atom is 0.306 e. The lowest BCUT2D eigenvalue weighted by Crippen LogP contribution is -2.33. The van der Waals surface area contributed by atoms with E-state index in [1.807, 2.05) is 79.7 Å². The molecule has 1 unspecified atom stereocenters. The first kappa shape index (κ1) is 17.0. The van der Waals surface area contributed by atoms with Crippen molar-refractivity contribution < 1.29 is 9.09 Å². The highest BCUT2D eigenvalue weighted by Crippen LogP contribution is 2.70. The van der Waals surface area contributed by atoms with Crippen LogP contribution in [0.4, 0.5) is 5.69 Å². The van der Waals surface area contributed by atoms with Gasteiger partial charge in [-0.25, -0.2) is 0 Å². The van der Waals surface area contributed by atoms with E-state index in [0.717, 1.165) is 22.0 Å². The van der Waals surface area contributed by atoms with E-state index < -0.39 is 12.6 Å². The Hall–Kier alpha value is -3.10. The molecule has 0 radical (unpaired) electrons. The minimum Gasteiger partial charge on any atom is -0.437 e. The standard InChI is InChI=1S/C23H19N2O2P/c1-23(25-18-13-15-24-16-14-18)21-12-11-17-7-5-6-10-20(17)22(21)27-28(23,26)19-8-3-2-4-9-19/h2-16H,1H3,(H,24,25)/t23-,28?/m0/s1. The third-order valence-corrected chi connectivity index (χ3v) is 8.32. The lowest BCUT2D eigenvalue weighted by atomic mass is 10.0. The smallest absolute Gasteiger partial charge is 0.306 e. The molecule has 4 nitrogen and oxygen atoms in total. The van der Waals surface area contributed by atoms with Crippen molar-refractivity contribution in [3.8, 4) is 5.75 Å². The Morgan fingerprint density at radius 3 is 2.39 bits per heavy atom. The van der Waals surface area contributed by atoms with Crippen LogP contribution in [0.5, 0.6) is 5.75 Å². The van der Waals surface area contributed by atoms with E-state index in [1.54, 1.807) is 12.4 Å². The van der Waals surface area contributed by atoms with Gasteiger partial charge in [-0.3, -0.25) is 9.55 Å². The van der Waals surface area contributed by atoms with Crippen molar-refractivity contribution in [1.29, 1.82) is 0 Å².